The molecule has 1 aromatic heterocycles. The van der Waals surface area contributed by atoms with Crippen molar-refractivity contribution >= 4 is 44.4 Å². The standard InChI is InChI=1S/C22H26FN3OS2/c1-15-12-16(2)21-19(13-15)24-22(29-21)26(11-5-10-25(3)4)20(27)14-28-18-8-6-17(23)7-9-18/h6-9,12-13H,5,10-11,14H2,1-4H3. The largest absolute Gasteiger partial charge is 0.309 e. The Morgan fingerprint density at radius 3 is 2.55 bits per heavy atom. The number of anilines is 1. The first-order valence-electron chi connectivity index (χ1n) is 9.55. The van der Waals surface area contributed by atoms with E-state index < -0.39 is 0 Å². The van der Waals surface area contributed by atoms with Crippen LogP contribution in [-0.2, 0) is 4.79 Å². The van der Waals surface area contributed by atoms with Gasteiger partial charge in [-0.05, 0) is 82.4 Å². The predicted octanol–water partition coefficient (Wildman–Crippen LogP) is 5.13. The number of aryl methyl sites for hydroxylation is 2. The van der Waals surface area contributed by atoms with Crippen LogP contribution in [0.5, 0.6) is 0 Å². The van der Waals surface area contributed by atoms with Crippen molar-refractivity contribution in [2.24, 2.45) is 0 Å². The number of thiazole rings is 1. The van der Waals surface area contributed by atoms with Gasteiger partial charge in [0.1, 0.15) is 5.82 Å². The van der Waals surface area contributed by atoms with E-state index in [2.05, 4.69) is 30.9 Å². The molecule has 0 N–H and O–H groups in total. The van der Waals surface area contributed by atoms with Crippen molar-refractivity contribution < 1.29 is 9.18 Å². The molecule has 0 bridgehead atoms. The molecule has 0 atom stereocenters. The number of benzene rings is 2. The summed E-state index contributed by atoms with van der Waals surface area (Å²) < 4.78 is 14.2. The van der Waals surface area contributed by atoms with E-state index in [0.717, 1.165) is 33.2 Å². The molecule has 0 aliphatic rings. The van der Waals surface area contributed by atoms with Gasteiger partial charge in [-0.25, -0.2) is 9.37 Å². The van der Waals surface area contributed by atoms with Crippen LogP contribution in [0.1, 0.15) is 17.5 Å². The summed E-state index contributed by atoms with van der Waals surface area (Å²) in [4.78, 5) is 22.6. The first-order valence-corrected chi connectivity index (χ1v) is 11.3. The summed E-state index contributed by atoms with van der Waals surface area (Å²) in [5, 5.41) is 0.747. The number of fused-ring (bicyclic) bond motifs is 1. The van der Waals surface area contributed by atoms with Crippen LogP contribution >= 0.6 is 23.1 Å². The molecular weight excluding hydrogens is 405 g/mol. The topological polar surface area (TPSA) is 36.4 Å². The number of carbonyl (C=O) groups excluding carboxylic acids is 1. The highest BCUT2D eigenvalue weighted by molar-refractivity contribution is 8.00. The molecule has 7 heteroatoms. The molecule has 4 nitrogen and oxygen atoms in total. The molecule has 29 heavy (non-hydrogen) atoms. The van der Waals surface area contributed by atoms with Gasteiger partial charge in [0.25, 0.3) is 0 Å². The predicted molar refractivity (Wildman–Crippen MR) is 122 cm³/mol. The first kappa shape index (κ1) is 21.7. The molecular formula is C22H26FN3OS2. The third kappa shape index (κ3) is 5.78. The summed E-state index contributed by atoms with van der Waals surface area (Å²) in [5.74, 6) is 0.0410. The fraction of sp³-hybridized carbons (Fsp3) is 0.364. The third-order valence-corrected chi connectivity index (χ3v) is 6.73. The van der Waals surface area contributed by atoms with E-state index in [9.17, 15) is 9.18 Å². The Labute approximate surface area is 179 Å². The molecule has 154 valence electrons. The van der Waals surface area contributed by atoms with Gasteiger partial charge in [0.2, 0.25) is 5.91 Å². The van der Waals surface area contributed by atoms with E-state index >= 15 is 0 Å². The summed E-state index contributed by atoms with van der Waals surface area (Å²) in [7, 11) is 4.06. The highest BCUT2D eigenvalue weighted by Crippen LogP contribution is 2.33. The number of carbonyl (C=O) groups is 1. The third-order valence-electron chi connectivity index (χ3n) is 4.50. The zero-order valence-electron chi connectivity index (χ0n) is 17.2. The Kier molecular flexibility index (Phi) is 7.27. The minimum atomic E-state index is -0.272. The van der Waals surface area contributed by atoms with Crippen LogP contribution in [0, 0.1) is 19.7 Å². The number of hydrogen-bond donors (Lipinski definition) is 0. The Hall–Kier alpha value is -1.96. The van der Waals surface area contributed by atoms with Crippen molar-refractivity contribution in [1.29, 1.82) is 0 Å². The Bertz CT molecular complexity index is 986. The second-order valence-corrected chi connectivity index (χ2v) is 9.40. The Balaban J connectivity index is 1.80. The summed E-state index contributed by atoms with van der Waals surface area (Å²) in [6.07, 6.45) is 0.869. The van der Waals surface area contributed by atoms with Gasteiger partial charge in [-0.15, -0.1) is 11.8 Å². The molecule has 0 fully saturated rings. The van der Waals surface area contributed by atoms with Crippen molar-refractivity contribution in [3.63, 3.8) is 0 Å². The number of thioether (sulfide) groups is 1. The molecule has 3 rings (SSSR count). The lowest BCUT2D eigenvalue weighted by Crippen LogP contribution is -2.34. The highest BCUT2D eigenvalue weighted by Gasteiger charge is 2.20. The van der Waals surface area contributed by atoms with E-state index in [1.54, 1.807) is 28.4 Å². The lowest BCUT2D eigenvalue weighted by Gasteiger charge is -2.21. The molecule has 1 heterocycles. The fourth-order valence-corrected chi connectivity index (χ4v) is 4.94. The maximum absolute atomic E-state index is 13.1. The van der Waals surface area contributed by atoms with Crippen molar-refractivity contribution in [2.45, 2.75) is 25.2 Å². The molecule has 0 unspecified atom stereocenters. The van der Waals surface area contributed by atoms with Gasteiger partial charge < -0.3 is 4.90 Å². The smallest absolute Gasteiger partial charge is 0.239 e. The zero-order chi connectivity index (χ0) is 21.0. The van der Waals surface area contributed by atoms with Gasteiger partial charge >= 0.3 is 0 Å². The Morgan fingerprint density at radius 1 is 1.14 bits per heavy atom. The lowest BCUT2D eigenvalue weighted by molar-refractivity contribution is -0.116. The van der Waals surface area contributed by atoms with E-state index in [0.29, 0.717) is 12.3 Å². The normalized spacial score (nSPS) is 11.4. The molecule has 2 aromatic carbocycles. The number of aromatic nitrogens is 1. The van der Waals surface area contributed by atoms with Crippen LogP contribution in [0.4, 0.5) is 9.52 Å². The molecule has 0 aliphatic heterocycles. The van der Waals surface area contributed by atoms with E-state index in [4.69, 9.17) is 4.98 Å². The van der Waals surface area contributed by atoms with E-state index in [1.807, 2.05) is 14.1 Å². The summed E-state index contributed by atoms with van der Waals surface area (Å²) in [6.45, 7) is 5.67. The average molecular weight is 432 g/mol. The summed E-state index contributed by atoms with van der Waals surface area (Å²) in [6, 6.07) is 10.5. The van der Waals surface area contributed by atoms with Crippen LogP contribution in [0.25, 0.3) is 10.2 Å². The van der Waals surface area contributed by atoms with Gasteiger partial charge in [0.15, 0.2) is 5.13 Å². The molecule has 3 aromatic rings. The zero-order valence-corrected chi connectivity index (χ0v) is 18.9. The number of nitrogens with zero attached hydrogens (tertiary/aromatic N) is 3. The Morgan fingerprint density at radius 2 is 1.86 bits per heavy atom. The van der Waals surface area contributed by atoms with Crippen molar-refractivity contribution in [2.75, 3.05) is 37.8 Å². The SMILES string of the molecule is Cc1cc(C)c2sc(N(CCCN(C)C)C(=O)CSc3ccc(F)cc3)nc2c1. The molecule has 0 aliphatic carbocycles. The molecule has 0 spiro atoms. The van der Waals surface area contributed by atoms with E-state index in [1.165, 1.54) is 35.0 Å². The molecule has 0 saturated carbocycles. The maximum atomic E-state index is 13.1. The lowest BCUT2D eigenvalue weighted by atomic mass is 10.1. The van der Waals surface area contributed by atoms with Gasteiger partial charge in [-0.3, -0.25) is 9.69 Å². The van der Waals surface area contributed by atoms with Gasteiger partial charge in [0, 0.05) is 11.4 Å². The molecule has 1 amide bonds. The quantitative estimate of drug-likeness (QED) is 0.463. The second kappa shape index (κ2) is 9.69. The monoisotopic (exact) mass is 431 g/mol. The minimum absolute atomic E-state index is 0.0199. The molecule has 0 saturated heterocycles. The minimum Gasteiger partial charge on any atom is -0.309 e. The van der Waals surface area contributed by atoms with Gasteiger partial charge in [-0.1, -0.05) is 17.4 Å². The second-order valence-electron chi connectivity index (χ2n) is 7.37. The first-order chi connectivity index (χ1) is 13.8. The number of amides is 1. The number of rotatable bonds is 8. The summed E-state index contributed by atoms with van der Waals surface area (Å²) in [5.41, 5.74) is 3.30. The van der Waals surface area contributed by atoms with Gasteiger partial charge in [-0.2, -0.15) is 0 Å². The summed E-state index contributed by atoms with van der Waals surface area (Å²) >= 11 is 2.99. The van der Waals surface area contributed by atoms with Gasteiger partial charge in [0.05, 0.1) is 16.0 Å². The van der Waals surface area contributed by atoms with Crippen LogP contribution in [0.15, 0.2) is 41.3 Å². The van der Waals surface area contributed by atoms with E-state index in [-0.39, 0.29) is 11.7 Å². The van der Waals surface area contributed by atoms with Crippen LogP contribution in [0.2, 0.25) is 0 Å². The number of hydrogen-bond acceptors (Lipinski definition) is 5. The average Bonchev–Trinajstić information content (AvgIpc) is 3.08. The van der Waals surface area contributed by atoms with Crippen molar-refractivity contribution in [3.05, 3.63) is 53.3 Å². The van der Waals surface area contributed by atoms with Crippen LogP contribution in [-0.4, -0.2) is 48.7 Å². The number of halogens is 1. The fourth-order valence-electron chi connectivity index (χ4n) is 3.11. The maximum Gasteiger partial charge on any atom is 0.239 e. The van der Waals surface area contributed by atoms with Crippen LogP contribution in [0.3, 0.4) is 0 Å². The highest BCUT2D eigenvalue weighted by atomic mass is 32.2. The van der Waals surface area contributed by atoms with Crippen LogP contribution < -0.4 is 4.90 Å². The van der Waals surface area contributed by atoms with Crippen molar-refractivity contribution in [1.82, 2.24) is 9.88 Å². The van der Waals surface area contributed by atoms with Crippen molar-refractivity contribution in [3.8, 4) is 0 Å². The molecule has 0 radical (unpaired) electrons.